The number of halogens is 7. The number of anilines is 1. The Hall–Kier alpha value is -5.01. The highest BCUT2D eigenvalue weighted by Gasteiger charge is 2.37. The predicted octanol–water partition coefficient (Wildman–Crippen LogP) is 7.31. The van der Waals surface area contributed by atoms with Gasteiger partial charge in [-0.25, -0.2) is 4.39 Å². The van der Waals surface area contributed by atoms with Crippen LogP contribution in [0.1, 0.15) is 80.6 Å². The maximum atomic E-state index is 13.3. The maximum Gasteiger partial charge on any atom is 0.416 e. The lowest BCUT2D eigenvalue weighted by Crippen LogP contribution is -2.50. The Labute approximate surface area is 288 Å². The van der Waals surface area contributed by atoms with E-state index in [0.717, 1.165) is 6.08 Å². The zero-order valence-electron chi connectivity index (χ0n) is 27.3. The Bertz CT molecular complexity index is 1840. The molecule has 3 aromatic carbocycles. The number of unbranched alkanes of at least 4 members (excludes halogenated alkanes) is 1. The number of aryl methyl sites for hydroxylation is 1. The first-order valence-corrected chi connectivity index (χ1v) is 16.3. The second kappa shape index (κ2) is 15.1. The Morgan fingerprint density at radius 2 is 1.39 bits per heavy atom. The molecule has 14 heteroatoms. The summed E-state index contributed by atoms with van der Waals surface area (Å²) in [7, 11) is 0. The van der Waals surface area contributed by atoms with Gasteiger partial charge in [0.1, 0.15) is 11.6 Å². The van der Waals surface area contributed by atoms with Crippen molar-refractivity contribution in [2.75, 3.05) is 31.9 Å². The van der Waals surface area contributed by atoms with Crippen LogP contribution < -0.4 is 5.73 Å². The van der Waals surface area contributed by atoms with E-state index < -0.39 is 40.6 Å². The molecule has 2 aliphatic rings. The van der Waals surface area contributed by atoms with Crippen LogP contribution in [0.2, 0.25) is 0 Å². The van der Waals surface area contributed by atoms with Crippen molar-refractivity contribution in [3.05, 3.63) is 105 Å². The number of carbonyl (C=O) groups excluding carboxylic acids is 4. The van der Waals surface area contributed by atoms with Gasteiger partial charge < -0.3 is 15.5 Å². The zero-order chi connectivity index (χ0) is 37.1. The highest BCUT2D eigenvalue weighted by Crippen LogP contribution is 2.37. The molecule has 3 aromatic rings. The number of fused-ring (bicyclic) bond motifs is 1. The van der Waals surface area contributed by atoms with Gasteiger partial charge in [-0.05, 0) is 97.0 Å². The first-order valence-electron chi connectivity index (χ1n) is 16.3. The van der Waals surface area contributed by atoms with Crippen LogP contribution in [-0.4, -0.2) is 59.4 Å². The minimum atomic E-state index is -5.02. The van der Waals surface area contributed by atoms with Crippen LogP contribution in [0.5, 0.6) is 0 Å². The number of benzene rings is 3. The summed E-state index contributed by atoms with van der Waals surface area (Å²) in [6, 6.07) is 9.52. The standard InChI is InChI=1S/C37H34F7N3O4/c38-29-9-7-24(32(45)21-29)19-30(48)3-1-2-4-33(49)46-11-13-47(14-12-46)35(51)26-8-10-31-23(18-26)5-6-25(34(31)50)15-22-16-27(36(39,40)41)20-28(17-22)37(42,43)44/h7-10,15-18,20-21H,1-6,11-14,19,45H2/b25-15+. The summed E-state index contributed by atoms with van der Waals surface area (Å²) in [5, 5.41) is 0. The van der Waals surface area contributed by atoms with Crippen LogP contribution in [0.25, 0.3) is 6.08 Å². The number of hydrogen-bond acceptors (Lipinski definition) is 5. The van der Waals surface area contributed by atoms with Crippen LogP contribution >= 0.6 is 0 Å². The van der Waals surface area contributed by atoms with Crippen molar-refractivity contribution in [1.29, 1.82) is 0 Å². The van der Waals surface area contributed by atoms with Gasteiger partial charge in [-0.1, -0.05) is 6.07 Å². The van der Waals surface area contributed by atoms with Crippen molar-refractivity contribution in [2.45, 2.75) is 57.3 Å². The van der Waals surface area contributed by atoms with E-state index in [0.29, 0.717) is 54.8 Å². The van der Waals surface area contributed by atoms with Gasteiger partial charge in [0, 0.05) is 67.8 Å². The molecule has 5 rings (SSSR count). The average Bonchev–Trinajstić information content (AvgIpc) is 3.08. The molecule has 0 spiro atoms. The fourth-order valence-corrected chi connectivity index (χ4v) is 6.24. The van der Waals surface area contributed by atoms with Crippen LogP contribution in [0, 0.1) is 5.82 Å². The van der Waals surface area contributed by atoms with Gasteiger partial charge in [0.05, 0.1) is 11.1 Å². The number of nitrogens with two attached hydrogens (primary N) is 1. The molecule has 0 unspecified atom stereocenters. The molecule has 2 N–H and O–H groups in total. The third kappa shape index (κ3) is 9.21. The van der Waals surface area contributed by atoms with Crippen molar-refractivity contribution in [1.82, 2.24) is 9.80 Å². The number of amides is 2. The first kappa shape index (κ1) is 37.3. The largest absolute Gasteiger partial charge is 0.416 e. The molecular weight excluding hydrogens is 683 g/mol. The molecule has 7 nitrogen and oxygen atoms in total. The molecule has 1 fully saturated rings. The molecule has 270 valence electrons. The number of nitrogens with zero attached hydrogens (tertiary/aromatic N) is 2. The summed E-state index contributed by atoms with van der Waals surface area (Å²) in [5.74, 6) is -1.48. The van der Waals surface area contributed by atoms with E-state index >= 15 is 0 Å². The van der Waals surface area contributed by atoms with E-state index in [-0.39, 0.29) is 85.7 Å². The second-order valence-electron chi connectivity index (χ2n) is 12.6. The summed E-state index contributed by atoms with van der Waals surface area (Å²) in [5.41, 5.74) is 4.31. The van der Waals surface area contributed by atoms with Crippen molar-refractivity contribution in [3.8, 4) is 0 Å². The summed E-state index contributed by atoms with van der Waals surface area (Å²) in [6.07, 6.45) is -7.09. The van der Waals surface area contributed by atoms with Gasteiger partial charge >= 0.3 is 12.4 Å². The lowest BCUT2D eigenvalue weighted by molar-refractivity contribution is -0.143. The summed E-state index contributed by atoms with van der Waals surface area (Å²) >= 11 is 0. The first-order chi connectivity index (χ1) is 24.0. The van der Waals surface area contributed by atoms with Crippen LogP contribution in [0.4, 0.5) is 36.4 Å². The van der Waals surface area contributed by atoms with Crippen molar-refractivity contribution in [2.24, 2.45) is 0 Å². The van der Waals surface area contributed by atoms with Crippen molar-refractivity contribution < 1.29 is 49.9 Å². The van der Waals surface area contributed by atoms with Crippen molar-refractivity contribution >= 4 is 35.1 Å². The van der Waals surface area contributed by atoms with E-state index in [1.54, 1.807) is 15.9 Å². The van der Waals surface area contributed by atoms with Gasteiger partial charge in [-0.2, -0.15) is 26.3 Å². The SMILES string of the molecule is Nc1cc(F)ccc1CC(=O)CCCCC(=O)N1CCN(C(=O)c2ccc3c(c2)CC/C(=C\c2cc(C(F)(F)F)cc(C(F)(F)F)c2)C3=O)CC1. The Balaban J connectivity index is 1.13. The third-order valence-corrected chi connectivity index (χ3v) is 9.01. The topological polar surface area (TPSA) is 101 Å². The number of alkyl halides is 6. The monoisotopic (exact) mass is 717 g/mol. The summed E-state index contributed by atoms with van der Waals surface area (Å²) < 4.78 is 93.1. The number of carbonyl (C=O) groups is 4. The maximum absolute atomic E-state index is 13.3. The third-order valence-electron chi connectivity index (χ3n) is 9.01. The molecule has 51 heavy (non-hydrogen) atoms. The smallest absolute Gasteiger partial charge is 0.398 e. The van der Waals surface area contributed by atoms with Gasteiger partial charge in [-0.15, -0.1) is 0 Å². The van der Waals surface area contributed by atoms with Crippen LogP contribution in [0.3, 0.4) is 0 Å². The Kier molecular flexibility index (Phi) is 11.0. The van der Waals surface area contributed by atoms with Gasteiger partial charge in [0.2, 0.25) is 5.91 Å². The van der Waals surface area contributed by atoms with Gasteiger partial charge in [0.25, 0.3) is 5.91 Å². The molecule has 0 bridgehead atoms. The zero-order valence-corrected chi connectivity index (χ0v) is 27.3. The van der Waals surface area contributed by atoms with E-state index in [9.17, 15) is 49.9 Å². The molecule has 1 heterocycles. The number of piperazine rings is 1. The molecule has 2 amide bonds. The number of nitrogen functional groups attached to an aromatic ring is 1. The number of ketones is 2. The van der Waals surface area contributed by atoms with E-state index in [2.05, 4.69) is 0 Å². The Morgan fingerprint density at radius 1 is 0.765 bits per heavy atom. The lowest BCUT2D eigenvalue weighted by Gasteiger charge is -2.35. The van der Waals surface area contributed by atoms with Gasteiger partial charge in [-0.3, -0.25) is 19.2 Å². The fourth-order valence-electron chi connectivity index (χ4n) is 6.24. The summed E-state index contributed by atoms with van der Waals surface area (Å²) in [6.45, 7) is 1.19. The molecular formula is C37H34F7N3O4. The molecule has 0 saturated carbocycles. The number of rotatable bonds is 9. The lowest BCUT2D eigenvalue weighted by atomic mass is 9.84. The molecule has 0 atom stereocenters. The molecule has 0 radical (unpaired) electrons. The number of Topliss-reactive ketones (excluding diaryl/α,β-unsaturated/α-hetero) is 2. The molecule has 0 aromatic heterocycles. The minimum absolute atomic E-state index is 0.0286. The van der Waals surface area contributed by atoms with E-state index in [4.69, 9.17) is 5.73 Å². The normalized spacial score (nSPS) is 16.0. The Morgan fingerprint density at radius 3 is 2.02 bits per heavy atom. The highest BCUT2D eigenvalue weighted by molar-refractivity contribution is 6.13. The predicted molar refractivity (Wildman–Crippen MR) is 174 cm³/mol. The summed E-state index contributed by atoms with van der Waals surface area (Å²) in [4.78, 5) is 54.8. The molecule has 1 aliphatic heterocycles. The van der Waals surface area contributed by atoms with Crippen molar-refractivity contribution in [3.63, 3.8) is 0 Å². The van der Waals surface area contributed by atoms with E-state index in [1.165, 1.54) is 30.3 Å². The average molecular weight is 718 g/mol. The van der Waals surface area contributed by atoms with Crippen LogP contribution in [0.15, 0.2) is 60.2 Å². The van der Waals surface area contributed by atoms with Crippen LogP contribution in [-0.2, 0) is 34.8 Å². The number of allylic oxidation sites excluding steroid dienone is 1. The fraction of sp³-hybridized carbons (Fsp3) is 0.351. The van der Waals surface area contributed by atoms with Gasteiger partial charge in [0.15, 0.2) is 5.78 Å². The van der Waals surface area contributed by atoms with E-state index in [1.807, 2.05) is 0 Å². The quantitative estimate of drug-likeness (QED) is 0.108. The second-order valence-corrected chi connectivity index (χ2v) is 12.6. The molecule has 1 aliphatic carbocycles. The highest BCUT2D eigenvalue weighted by atomic mass is 19.4. The molecule has 1 saturated heterocycles. The number of hydrogen-bond donors (Lipinski definition) is 1. The minimum Gasteiger partial charge on any atom is -0.398 e.